The molecule has 82 valence electrons. The van der Waals surface area contributed by atoms with Crippen LogP contribution >= 0.6 is 11.8 Å². The molecule has 2 heterocycles. The van der Waals surface area contributed by atoms with Crippen LogP contribution in [0.1, 0.15) is 31.7 Å². The van der Waals surface area contributed by atoms with Crippen molar-refractivity contribution in [3.05, 3.63) is 18.0 Å². The van der Waals surface area contributed by atoms with Crippen LogP contribution in [0.25, 0.3) is 0 Å². The summed E-state index contributed by atoms with van der Waals surface area (Å²) < 4.78 is 5.59. The summed E-state index contributed by atoms with van der Waals surface area (Å²) in [5, 5.41) is 11.0. The van der Waals surface area contributed by atoms with Gasteiger partial charge in [0.25, 0.3) is 11.1 Å². The SMILES string of the molecule is C=C(C)CSc1nnc([C@@H]2CCC[NH2+]2)o1. The van der Waals surface area contributed by atoms with E-state index in [9.17, 15) is 0 Å². The van der Waals surface area contributed by atoms with Crippen LogP contribution < -0.4 is 5.32 Å². The Morgan fingerprint density at radius 1 is 1.67 bits per heavy atom. The van der Waals surface area contributed by atoms with E-state index in [0.717, 1.165) is 23.6 Å². The third-order valence-electron chi connectivity index (χ3n) is 2.35. The Morgan fingerprint density at radius 3 is 3.20 bits per heavy atom. The molecule has 0 bridgehead atoms. The number of hydrogen-bond acceptors (Lipinski definition) is 4. The minimum Gasteiger partial charge on any atom is -0.410 e. The van der Waals surface area contributed by atoms with Gasteiger partial charge in [-0.2, -0.15) is 0 Å². The highest BCUT2D eigenvalue weighted by Gasteiger charge is 2.25. The molecule has 0 aromatic carbocycles. The maximum atomic E-state index is 5.59. The average Bonchev–Trinajstić information content (AvgIpc) is 2.85. The summed E-state index contributed by atoms with van der Waals surface area (Å²) in [6.07, 6.45) is 2.38. The Balaban J connectivity index is 1.94. The Bertz CT molecular complexity index is 344. The van der Waals surface area contributed by atoms with E-state index in [2.05, 4.69) is 22.1 Å². The van der Waals surface area contributed by atoms with E-state index in [4.69, 9.17) is 4.42 Å². The molecule has 0 unspecified atom stereocenters. The van der Waals surface area contributed by atoms with Crippen LogP contribution in [0.2, 0.25) is 0 Å². The lowest BCUT2D eigenvalue weighted by Crippen LogP contribution is -2.81. The molecular formula is C10H16N3OS+. The van der Waals surface area contributed by atoms with Crippen molar-refractivity contribution in [2.24, 2.45) is 0 Å². The lowest BCUT2D eigenvalue weighted by Gasteiger charge is -1.98. The Morgan fingerprint density at radius 2 is 2.53 bits per heavy atom. The molecule has 4 nitrogen and oxygen atoms in total. The summed E-state index contributed by atoms with van der Waals surface area (Å²) in [4.78, 5) is 0. The zero-order chi connectivity index (χ0) is 10.7. The molecule has 2 rings (SSSR count). The van der Waals surface area contributed by atoms with Crippen LogP contribution in [-0.4, -0.2) is 22.5 Å². The highest BCUT2D eigenvalue weighted by Crippen LogP contribution is 2.22. The first kappa shape index (κ1) is 10.7. The van der Waals surface area contributed by atoms with Gasteiger partial charge in [0.05, 0.1) is 6.54 Å². The van der Waals surface area contributed by atoms with E-state index >= 15 is 0 Å². The van der Waals surface area contributed by atoms with Gasteiger partial charge in [-0.1, -0.05) is 23.9 Å². The van der Waals surface area contributed by atoms with Gasteiger partial charge in [0.15, 0.2) is 6.04 Å². The summed E-state index contributed by atoms with van der Waals surface area (Å²) in [5.74, 6) is 1.62. The lowest BCUT2D eigenvalue weighted by molar-refractivity contribution is -0.678. The van der Waals surface area contributed by atoms with E-state index in [0.29, 0.717) is 11.3 Å². The van der Waals surface area contributed by atoms with Crippen molar-refractivity contribution in [1.82, 2.24) is 10.2 Å². The van der Waals surface area contributed by atoms with E-state index in [1.165, 1.54) is 13.0 Å². The van der Waals surface area contributed by atoms with Gasteiger partial charge >= 0.3 is 0 Å². The Hall–Kier alpha value is -0.810. The van der Waals surface area contributed by atoms with Gasteiger partial charge in [-0.3, -0.25) is 0 Å². The third kappa shape index (κ3) is 2.82. The van der Waals surface area contributed by atoms with Gasteiger partial charge in [0.1, 0.15) is 0 Å². The van der Waals surface area contributed by atoms with Crippen LogP contribution in [0, 0.1) is 0 Å². The van der Waals surface area contributed by atoms with E-state index < -0.39 is 0 Å². The van der Waals surface area contributed by atoms with Gasteiger partial charge < -0.3 is 9.73 Å². The first-order valence-corrected chi connectivity index (χ1v) is 6.18. The average molecular weight is 226 g/mol. The standard InChI is InChI=1S/C10H15N3OS/c1-7(2)6-15-10-13-12-9(14-10)8-4-3-5-11-8/h8,11H,1,3-6H2,2H3/p+1/t8-/m0/s1. The van der Waals surface area contributed by atoms with Crippen LogP contribution in [0.15, 0.2) is 21.8 Å². The van der Waals surface area contributed by atoms with Crippen molar-refractivity contribution < 1.29 is 9.73 Å². The van der Waals surface area contributed by atoms with E-state index in [1.807, 2.05) is 6.92 Å². The molecule has 1 aromatic heterocycles. The smallest absolute Gasteiger partial charge is 0.277 e. The molecule has 2 N–H and O–H groups in total. The number of nitrogens with zero attached hydrogens (tertiary/aromatic N) is 2. The predicted molar refractivity (Wildman–Crippen MR) is 58.6 cm³/mol. The molecule has 1 fully saturated rings. The predicted octanol–water partition coefficient (Wildman–Crippen LogP) is 1.14. The minimum atomic E-state index is 0.386. The molecule has 0 spiro atoms. The summed E-state index contributed by atoms with van der Waals surface area (Å²) in [6, 6.07) is 0.386. The summed E-state index contributed by atoms with van der Waals surface area (Å²) in [6.45, 7) is 7.00. The minimum absolute atomic E-state index is 0.386. The molecule has 0 amide bonds. The fourth-order valence-electron chi connectivity index (χ4n) is 1.61. The first-order valence-electron chi connectivity index (χ1n) is 5.19. The second-order valence-electron chi connectivity index (χ2n) is 3.93. The van der Waals surface area contributed by atoms with Gasteiger partial charge in [0, 0.05) is 18.6 Å². The van der Waals surface area contributed by atoms with Crippen molar-refractivity contribution in [3.63, 3.8) is 0 Å². The van der Waals surface area contributed by atoms with Gasteiger partial charge in [0.2, 0.25) is 0 Å². The highest BCUT2D eigenvalue weighted by molar-refractivity contribution is 7.99. The van der Waals surface area contributed by atoms with Crippen molar-refractivity contribution in [1.29, 1.82) is 0 Å². The highest BCUT2D eigenvalue weighted by atomic mass is 32.2. The maximum absolute atomic E-state index is 5.59. The van der Waals surface area contributed by atoms with Gasteiger partial charge in [-0.05, 0) is 6.92 Å². The topological polar surface area (TPSA) is 55.5 Å². The molecule has 1 saturated heterocycles. The number of hydrogen-bond donors (Lipinski definition) is 1. The number of quaternary nitrogens is 1. The van der Waals surface area contributed by atoms with Crippen LogP contribution in [-0.2, 0) is 0 Å². The molecule has 1 aliphatic heterocycles. The first-order chi connectivity index (χ1) is 7.25. The number of thioether (sulfide) groups is 1. The molecule has 0 aliphatic carbocycles. The molecule has 1 aromatic rings. The van der Waals surface area contributed by atoms with Gasteiger partial charge in [-0.15, -0.1) is 10.2 Å². The third-order valence-corrected chi connectivity index (χ3v) is 3.40. The zero-order valence-electron chi connectivity index (χ0n) is 8.90. The zero-order valence-corrected chi connectivity index (χ0v) is 9.72. The number of rotatable bonds is 4. The number of nitrogens with two attached hydrogens (primary N) is 1. The molecule has 0 saturated carbocycles. The quantitative estimate of drug-likeness (QED) is 0.618. The normalized spacial score (nSPS) is 20.7. The van der Waals surface area contributed by atoms with E-state index in [1.54, 1.807) is 11.8 Å². The second-order valence-corrected chi connectivity index (χ2v) is 4.85. The van der Waals surface area contributed by atoms with Crippen LogP contribution in [0.4, 0.5) is 0 Å². The molecule has 1 aliphatic rings. The van der Waals surface area contributed by atoms with E-state index in [-0.39, 0.29) is 0 Å². The van der Waals surface area contributed by atoms with Crippen LogP contribution in [0.5, 0.6) is 0 Å². The van der Waals surface area contributed by atoms with Crippen LogP contribution in [0.3, 0.4) is 0 Å². The van der Waals surface area contributed by atoms with Crippen molar-refractivity contribution >= 4 is 11.8 Å². The molecule has 0 radical (unpaired) electrons. The fourth-order valence-corrected chi connectivity index (χ4v) is 2.23. The van der Waals surface area contributed by atoms with Gasteiger partial charge in [-0.25, -0.2) is 0 Å². The second kappa shape index (κ2) is 4.81. The summed E-state index contributed by atoms with van der Waals surface area (Å²) >= 11 is 1.55. The van der Waals surface area contributed by atoms with Crippen molar-refractivity contribution in [2.75, 3.05) is 12.3 Å². The molecule has 1 atom stereocenters. The monoisotopic (exact) mass is 226 g/mol. The lowest BCUT2D eigenvalue weighted by atomic mass is 10.2. The molecule has 15 heavy (non-hydrogen) atoms. The Labute approximate surface area is 93.5 Å². The Kier molecular flexibility index (Phi) is 3.43. The molecule has 5 heteroatoms. The maximum Gasteiger partial charge on any atom is 0.277 e. The fraction of sp³-hybridized carbons (Fsp3) is 0.600. The summed E-state index contributed by atoms with van der Waals surface area (Å²) in [7, 11) is 0. The number of aromatic nitrogens is 2. The largest absolute Gasteiger partial charge is 0.410 e. The molecular weight excluding hydrogens is 210 g/mol. The summed E-state index contributed by atoms with van der Waals surface area (Å²) in [5.41, 5.74) is 1.12. The van der Waals surface area contributed by atoms with Crippen molar-refractivity contribution in [3.8, 4) is 0 Å². The van der Waals surface area contributed by atoms with Crippen molar-refractivity contribution in [2.45, 2.75) is 31.0 Å².